The van der Waals surface area contributed by atoms with Crippen molar-refractivity contribution in [2.45, 2.75) is 19.5 Å². The minimum Gasteiger partial charge on any atom is -0.468 e. The molecule has 0 saturated carbocycles. The Morgan fingerprint density at radius 3 is 2.33 bits per heavy atom. The lowest BCUT2D eigenvalue weighted by atomic mass is 10.5. The molecule has 108 valence electrons. The summed E-state index contributed by atoms with van der Waals surface area (Å²) in [5, 5.41) is 0. The Labute approximate surface area is 103 Å². The highest BCUT2D eigenvalue weighted by Crippen LogP contribution is 2.13. The van der Waals surface area contributed by atoms with Crippen LogP contribution in [-0.2, 0) is 19.7 Å². The average Bonchev–Trinajstić information content (AvgIpc) is 2.25. The topological polar surface area (TPSA) is 75.7 Å². The molecule has 0 saturated heterocycles. The molecule has 0 aromatic heterocycles. The third-order valence-corrected chi connectivity index (χ3v) is 3.30. The first-order chi connectivity index (χ1) is 8.12. The molecule has 0 rings (SSSR count). The van der Waals surface area contributed by atoms with Crippen LogP contribution in [-0.4, -0.2) is 51.6 Å². The lowest BCUT2D eigenvalue weighted by Crippen LogP contribution is -2.46. The number of esters is 1. The van der Waals surface area contributed by atoms with E-state index in [1.165, 1.54) is 4.72 Å². The largest absolute Gasteiger partial charge is 0.468 e. The second kappa shape index (κ2) is 6.90. The first-order valence-corrected chi connectivity index (χ1v) is 6.44. The maximum Gasteiger partial charge on any atom is 0.402 e. The van der Waals surface area contributed by atoms with Crippen LogP contribution in [0.4, 0.5) is 13.2 Å². The highest BCUT2D eigenvalue weighted by molar-refractivity contribution is 7.87. The number of hydrogen-bond donors (Lipinski definition) is 1. The summed E-state index contributed by atoms with van der Waals surface area (Å²) in [5.41, 5.74) is 0. The van der Waals surface area contributed by atoms with Crippen LogP contribution in [0.2, 0.25) is 0 Å². The smallest absolute Gasteiger partial charge is 0.402 e. The number of nitrogens with zero attached hydrogens (tertiary/aromatic N) is 1. The van der Waals surface area contributed by atoms with Gasteiger partial charge in [0.15, 0.2) is 0 Å². The highest BCUT2D eigenvalue weighted by Gasteiger charge is 2.32. The van der Waals surface area contributed by atoms with E-state index in [-0.39, 0.29) is 6.54 Å². The van der Waals surface area contributed by atoms with E-state index < -0.39 is 35.4 Å². The maximum atomic E-state index is 11.9. The van der Waals surface area contributed by atoms with Crippen molar-refractivity contribution >= 4 is 16.2 Å². The molecule has 0 spiro atoms. The molecule has 0 atom stereocenters. The van der Waals surface area contributed by atoms with Gasteiger partial charge in [-0.15, -0.1) is 0 Å². The molecule has 6 nitrogen and oxygen atoms in total. The summed E-state index contributed by atoms with van der Waals surface area (Å²) in [7, 11) is -3.30. The number of rotatable bonds is 7. The quantitative estimate of drug-likeness (QED) is 0.683. The van der Waals surface area contributed by atoms with Gasteiger partial charge in [0.2, 0.25) is 0 Å². The van der Waals surface area contributed by atoms with Crippen LogP contribution in [0, 0.1) is 0 Å². The molecule has 0 aliphatic rings. The highest BCUT2D eigenvalue weighted by atomic mass is 32.2. The van der Waals surface area contributed by atoms with Gasteiger partial charge in [0.25, 0.3) is 10.2 Å². The van der Waals surface area contributed by atoms with Crippen molar-refractivity contribution in [2.24, 2.45) is 0 Å². The van der Waals surface area contributed by atoms with Crippen LogP contribution < -0.4 is 4.72 Å². The second-order valence-corrected chi connectivity index (χ2v) is 5.11. The van der Waals surface area contributed by atoms with E-state index in [9.17, 15) is 26.4 Å². The fourth-order valence-electron chi connectivity index (χ4n) is 1.01. The van der Waals surface area contributed by atoms with Gasteiger partial charge >= 0.3 is 12.1 Å². The van der Waals surface area contributed by atoms with Crippen molar-refractivity contribution in [3.05, 3.63) is 0 Å². The fourth-order valence-corrected chi connectivity index (χ4v) is 2.23. The average molecular weight is 292 g/mol. The summed E-state index contributed by atoms with van der Waals surface area (Å²) >= 11 is 0. The van der Waals surface area contributed by atoms with Crippen LogP contribution in [0.25, 0.3) is 0 Å². The fraction of sp³-hybridized carbons (Fsp3) is 0.875. The van der Waals surface area contributed by atoms with E-state index in [2.05, 4.69) is 4.74 Å². The summed E-state index contributed by atoms with van der Waals surface area (Å²) < 4.78 is 65.1. The Bertz CT molecular complexity index is 369. The van der Waals surface area contributed by atoms with Gasteiger partial charge in [-0.3, -0.25) is 4.79 Å². The van der Waals surface area contributed by atoms with Crippen molar-refractivity contribution in [1.29, 1.82) is 0 Å². The first-order valence-electron chi connectivity index (χ1n) is 5.00. The van der Waals surface area contributed by atoms with Crippen LogP contribution in [0.5, 0.6) is 0 Å². The molecule has 0 radical (unpaired) electrons. The molecule has 0 aromatic rings. The summed E-state index contributed by atoms with van der Waals surface area (Å²) in [6.45, 7) is -0.764. The molecule has 0 aliphatic carbocycles. The van der Waals surface area contributed by atoms with Gasteiger partial charge in [0.05, 0.1) is 7.11 Å². The third kappa shape index (κ3) is 6.77. The number of carbonyl (C=O) groups excluding carboxylic acids is 1. The molecule has 0 unspecified atom stereocenters. The minimum atomic E-state index is -4.66. The van der Waals surface area contributed by atoms with Crippen molar-refractivity contribution in [2.75, 3.05) is 26.7 Å². The number of hydrogen-bond acceptors (Lipinski definition) is 4. The van der Waals surface area contributed by atoms with Gasteiger partial charge < -0.3 is 4.74 Å². The zero-order valence-electron chi connectivity index (χ0n) is 9.95. The molecular weight excluding hydrogens is 277 g/mol. The van der Waals surface area contributed by atoms with E-state index in [0.717, 1.165) is 7.11 Å². The Kier molecular flexibility index (Phi) is 6.57. The zero-order chi connectivity index (χ0) is 14.4. The maximum absolute atomic E-state index is 11.9. The molecule has 0 heterocycles. The minimum absolute atomic E-state index is 0.0811. The Balaban J connectivity index is 4.71. The molecule has 0 aliphatic heterocycles. The Morgan fingerprint density at radius 1 is 1.39 bits per heavy atom. The van der Waals surface area contributed by atoms with Crippen molar-refractivity contribution in [3.63, 3.8) is 0 Å². The molecule has 0 aromatic carbocycles. The van der Waals surface area contributed by atoms with Gasteiger partial charge in [-0.05, 0) is 6.42 Å². The molecule has 18 heavy (non-hydrogen) atoms. The van der Waals surface area contributed by atoms with Gasteiger partial charge in [-0.2, -0.15) is 30.6 Å². The number of ether oxygens (including phenoxy) is 1. The van der Waals surface area contributed by atoms with Crippen LogP contribution >= 0.6 is 0 Å². The van der Waals surface area contributed by atoms with E-state index in [1.807, 2.05) is 0 Å². The molecule has 0 amide bonds. The summed E-state index contributed by atoms with van der Waals surface area (Å²) in [6, 6.07) is 0. The second-order valence-electron chi connectivity index (χ2n) is 3.35. The first kappa shape index (κ1) is 17.1. The van der Waals surface area contributed by atoms with E-state index in [4.69, 9.17) is 0 Å². The van der Waals surface area contributed by atoms with E-state index in [0.29, 0.717) is 10.7 Å². The van der Waals surface area contributed by atoms with E-state index in [1.54, 1.807) is 6.92 Å². The molecule has 0 bridgehead atoms. The van der Waals surface area contributed by atoms with Crippen LogP contribution in [0.15, 0.2) is 0 Å². The predicted molar refractivity (Wildman–Crippen MR) is 56.9 cm³/mol. The van der Waals surface area contributed by atoms with Gasteiger partial charge in [0, 0.05) is 6.54 Å². The number of alkyl halides is 3. The van der Waals surface area contributed by atoms with Crippen molar-refractivity contribution in [3.8, 4) is 0 Å². The zero-order valence-corrected chi connectivity index (χ0v) is 10.8. The predicted octanol–water partition coefficient (Wildman–Crippen LogP) is 0.268. The Morgan fingerprint density at radius 2 is 1.94 bits per heavy atom. The molecule has 1 N–H and O–H groups in total. The van der Waals surface area contributed by atoms with Crippen molar-refractivity contribution < 1.29 is 31.1 Å². The summed E-state index contributed by atoms with van der Waals surface area (Å²) in [6.07, 6.45) is -4.31. The number of halogens is 3. The standard InChI is InChI=1S/C8H15F3N2O4S/c1-3-4-13(5-7(14)17-2)18(15,16)12-6-8(9,10)11/h12H,3-6H2,1-2H3. The normalized spacial score (nSPS) is 12.8. The molecular formula is C8H15F3N2O4S. The summed E-state index contributed by atoms with van der Waals surface area (Å²) in [4.78, 5) is 11.0. The van der Waals surface area contributed by atoms with Gasteiger partial charge in [-0.25, -0.2) is 0 Å². The molecule has 0 fully saturated rings. The number of carbonyl (C=O) groups is 1. The number of methoxy groups -OCH3 is 1. The molecule has 10 heteroatoms. The van der Waals surface area contributed by atoms with Crippen LogP contribution in [0.3, 0.4) is 0 Å². The Hall–Kier alpha value is -0.870. The van der Waals surface area contributed by atoms with Crippen molar-refractivity contribution in [1.82, 2.24) is 9.03 Å². The van der Waals surface area contributed by atoms with Gasteiger partial charge in [0.1, 0.15) is 13.1 Å². The lowest BCUT2D eigenvalue weighted by Gasteiger charge is -2.21. The SMILES string of the molecule is CCCN(CC(=O)OC)S(=O)(=O)NCC(F)(F)F. The van der Waals surface area contributed by atoms with Crippen LogP contribution in [0.1, 0.15) is 13.3 Å². The lowest BCUT2D eigenvalue weighted by molar-refractivity contribution is -0.140. The van der Waals surface area contributed by atoms with Gasteiger partial charge in [-0.1, -0.05) is 6.92 Å². The monoisotopic (exact) mass is 292 g/mol. The summed E-state index contributed by atoms with van der Waals surface area (Å²) in [5.74, 6) is -0.846. The van der Waals surface area contributed by atoms with E-state index >= 15 is 0 Å². The number of nitrogens with one attached hydrogen (secondary N) is 1. The third-order valence-electron chi connectivity index (χ3n) is 1.80.